The van der Waals surface area contributed by atoms with Crippen LogP contribution in [-0.4, -0.2) is 16.5 Å². The van der Waals surface area contributed by atoms with Crippen molar-refractivity contribution in [3.8, 4) is 0 Å². The first-order valence-corrected chi connectivity index (χ1v) is 5.70. The van der Waals surface area contributed by atoms with Gasteiger partial charge < -0.3 is 0 Å². The van der Waals surface area contributed by atoms with Gasteiger partial charge in [-0.15, -0.1) is 11.8 Å². The van der Waals surface area contributed by atoms with Crippen molar-refractivity contribution in [1.82, 2.24) is 4.98 Å². The molecule has 0 aliphatic heterocycles. The number of rotatable bonds is 4. The number of carbonyl (C=O) groups excluding carboxylic acids is 1. The van der Waals surface area contributed by atoms with Crippen molar-refractivity contribution in [3.63, 3.8) is 0 Å². The maximum absolute atomic E-state index is 10.8. The molecule has 1 aromatic heterocycles. The third-order valence-electron chi connectivity index (χ3n) is 1.89. The number of hydrogen-bond donors (Lipinski definition) is 0. The molecule has 0 fully saturated rings. The van der Waals surface area contributed by atoms with Crippen LogP contribution in [0.4, 0.5) is 0 Å². The molecule has 2 nitrogen and oxygen atoms in total. The van der Waals surface area contributed by atoms with E-state index >= 15 is 0 Å². The number of Topliss-reactive ketones (excluding diaryl/α,β-unsaturated/α-hetero) is 1. The lowest BCUT2D eigenvalue weighted by molar-refractivity contribution is -0.114. The largest absolute Gasteiger partial charge is 0.299 e. The van der Waals surface area contributed by atoms with Crippen molar-refractivity contribution in [1.29, 1.82) is 0 Å². The van der Waals surface area contributed by atoms with Crippen molar-refractivity contribution < 1.29 is 4.79 Å². The maximum atomic E-state index is 10.8. The Morgan fingerprint density at radius 2 is 2.21 bits per heavy atom. The number of ketones is 1. The number of aromatic nitrogens is 1. The number of carbonyl (C=O) groups is 1. The molecule has 0 saturated carbocycles. The fourth-order valence-corrected chi connectivity index (χ4v) is 1.91. The number of nitrogens with zero attached hydrogens (tertiary/aromatic N) is 1. The molecule has 1 rings (SSSR count). The minimum absolute atomic E-state index is 0.203. The molecule has 14 heavy (non-hydrogen) atoms. The standard InChI is InChI=1S/C11H15NOS/c1-4-10-5-6-11(9(3)12-10)14-7-8(2)13/h5-6H,4,7H2,1-3H3. The van der Waals surface area contributed by atoms with Crippen LogP contribution >= 0.6 is 11.8 Å². The van der Waals surface area contributed by atoms with Crippen LogP contribution in [0.5, 0.6) is 0 Å². The number of aryl methyl sites for hydroxylation is 2. The Labute approximate surface area is 89.1 Å². The molecule has 0 aliphatic rings. The topological polar surface area (TPSA) is 30.0 Å². The van der Waals surface area contributed by atoms with Crippen LogP contribution in [0.15, 0.2) is 17.0 Å². The zero-order chi connectivity index (χ0) is 10.6. The molecule has 3 heteroatoms. The number of thioether (sulfide) groups is 1. The van der Waals surface area contributed by atoms with E-state index in [2.05, 4.69) is 18.0 Å². The van der Waals surface area contributed by atoms with E-state index in [4.69, 9.17) is 0 Å². The summed E-state index contributed by atoms with van der Waals surface area (Å²) in [6, 6.07) is 4.07. The third kappa shape index (κ3) is 3.14. The molecular weight excluding hydrogens is 194 g/mol. The maximum Gasteiger partial charge on any atom is 0.140 e. The Balaban J connectivity index is 2.73. The van der Waals surface area contributed by atoms with E-state index in [-0.39, 0.29) is 5.78 Å². The van der Waals surface area contributed by atoms with Gasteiger partial charge in [0.25, 0.3) is 0 Å². The molecule has 0 radical (unpaired) electrons. The van der Waals surface area contributed by atoms with Gasteiger partial charge in [-0.2, -0.15) is 0 Å². The van der Waals surface area contributed by atoms with Gasteiger partial charge in [-0.1, -0.05) is 6.92 Å². The lowest BCUT2D eigenvalue weighted by Crippen LogP contribution is -1.96. The SMILES string of the molecule is CCc1ccc(SCC(C)=O)c(C)n1. The normalized spacial score (nSPS) is 10.2. The van der Waals surface area contributed by atoms with Gasteiger partial charge in [0.2, 0.25) is 0 Å². The second-order valence-corrected chi connectivity index (χ2v) is 4.25. The van der Waals surface area contributed by atoms with Crippen LogP contribution in [0.25, 0.3) is 0 Å². The van der Waals surface area contributed by atoms with Gasteiger partial charge in [-0.3, -0.25) is 9.78 Å². The van der Waals surface area contributed by atoms with E-state index < -0.39 is 0 Å². The van der Waals surface area contributed by atoms with Gasteiger partial charge in [-0.25, -0.2) is 0 Å². The molecule has 0 aromatic carbocycles. The van der Waals surface area contributed by atoms with Crippen molar-refractivity contribution in [2.75, 3.05) is 5.75 Å². The van der Waals surface area contributed by atoms with E-state index in [9.17, 15) is 4.79 Å². The van der Waals surface area contributed by atoms with Crippen LogP contribution in [0, 0.1) is 6.92 Å². The molecule has 0 atom stereocenters. The first-order chi connectivity index (χ1) is 6.63. The summed E-state index contributed by atoms with van der Waals surface area (Å²) < 4.78 is 0. The second-order valence-electron chi connectivity index (χ2n) is 3.23. The average molecular weight is 209 g/mol. The molecule has 0 amide bonds. The van der Waals surface area contributed by atoms with E-state index in [1.165, 1.54) is 0 Å². The molecule has 0 aliphatic carbocycles. The van der Waals surface area contributed by atoms with Crippen molar-refractivity contribution in [2.24, 2.45) is 0 Å². The Morgan fingerprint density at radius 1 is 1.50 bits per heavy atom. The van der Waals surface area contributed by atoms with Crippen molar-refractivity contribution in [3.05, 3.63) is 23.5 Å². The predicted octanol–water partition coefficient (Wildman–Crippen LogP) is 2.63. The Morgan fingerprint density at radius 3 is 2.71 bits per heavy atom. The minimum atomic E-state index is 0.203. The van der Waals surface area contributed by atoms with E-state index in [0.717, 1.165) is 22.7 Å². The third-order valence-corrected chi connectivity index (χ3v) is 3.18. The summed E-state index contributed by atoms with van der Waals surface area (Å²) in [6.07, 6.45) is 0.957. The molecule has 76 valence electrons. The first kappa shape index (κ1) is 11.2. The van der Waals surface area contributed by atoms with E-state index in [1.807, 2.05) is 13.0 Å². The first-order valence-electron chi connectivity index (χ1n) is 4.72. The van der Waals surface area contributed by atoms with Gasteiger partial charge >= 0.3 is 0 Å². The van der Waals surface area contributed by atoms with Crippen LogP contribution in [-0.2, 0) is 11.2 Å². The van der Waals surface area contributed by atoms with Crippen LogP contribution < -0.4 is 0 Å². The zero-order valence-electron chi connectivity index (χ0n) is 8.83. The van der Waals surface area contributed by atoms with Crippen molar-refractivity contribution >= 4 is 17.5 Å². The summed E-state index contributed by atoms with van der Waals surface area (Å²) in [5.41, 5.74) is 2.13. The molecule has 0 N–H and O–H groups in total. The highest BCUT2D eigenvalue weighted by Gasteiger charge is 2.02. The zero-order valence-corrected chi connectivity index (χ0v) is 9.65. The summed E-state index contributed by atoms with van der Waals surface area (Å²) in [6.45, 7) is 5.68. The van der Waals surface area contributed by atoms with Gasteiger partial charge in [0, 0.05) is 10.6 Å². The molecule has 0 bridgehead atoms. The van der Waals surface area contributed by atoms with Crippen molar-refractivity contribution in [2.45, 2.75) is 32.1 Å². The molecule has 1 heterocycles. The van der Waals surface area contributed by atoms with Gasteiger partial charge in [-0.05, 0) is 32.4 Å². The smallest absolute Gasteiger partial charge is 0.140 e. The average Bonchev–Trinajstić information content (AvgIpc) is 2.15. The molecule has 0 unspecified atom stereocenters. The summed E-state index contributed by atoms with van der Waals surface area (Å²) in [5.74, 6) is 0.738. The van der Waals surface area contributed by atoms with Crippen LogP contribution in [0.3, 0.4) is 0 Å². The van der Waals surface area contributed by atoms with Crippen LogP contribution in [0.1, 0.15) is 25.2 Å². The molecule has 0 spiro atoms. The summed E-state index contributed by atoms with van der Waals surface area (Å²) in [5, 5.41) is 0. The van der Waals surface area contributed by atoms with Gasteiger partial charge in [0.1, 0.15) is 5.78 Å². The molecule has 1 aromatic rings. The Kier molecular flexibility index (Phi) is 4.14. The predicted molar refractivity (Wildman–Crippen MR) is 59.8 cm³/mol. The summed E-state index contributed by atoms with van der Waals surface area (Å²) >= 11 is 1.56. The van der Waals surface area contributed by atoms with Gasteiger partial charge in [0.05, 0.1) is 11.4 Å². The highest BCUT2D eigenvalue weighted by atomic mass is 32.2. The van der Waals surface area contributed by atoms with Gasteiger partial charge in [0.15, 0.2) is 0 Å². The second kappa shape index (κ2) is 5.15. The number of pyridine rings is 1. The lowest BCUT2D eigenvalue weighted by atomic mass is 10.3. The fraction of sp³-hybridized carbons (Fsp3) is 0.455. The Hall–Kier alpha value is -0.830. The lowest BCUT2D eigenvalue weighted by Gasteiger charge is -2.04. The fourth-order valence-electron chi connectivity index (χ4n) is 1.13. The summed E-state index contributed by atoms with van der Waals surface area (Å²) in [7, 11) is 0. The Bertz CT molecular complexity index is 336. The van der Waals surface area contributed by atoms with Crippen LogP contribution in [0.2, 0.25) is 0 Å². The minimum Gasteiger partial charge on any atom is -0.299 e. The van der Waals surface area contributed by atoms with E-state index in [0.29, 0.717) is 5.75 Å². The quantitative estimate of drug-likeness (QED) is 0.714. The number of hydrogen-bond acceptors (Lipinski definition) is 3. The van der Waals surface area contributed by atoms with E-state index in [1.54, 1.807) is 18.7 Å². The molecule has 0 saturated heterocycles. The monoisotopic (exact) mass is 209 g/mol. The highest BCUT2D eigenvalue weighted by Crippen LogP contribution is 2.21. The highest BCUT2D eigenvalue weighted by molar-refractivity contribution is 8.00. The molecular formula is C11H15NOS. The summed E-state index contributed by atoms with van der Waals surface area (Å²) in [4.78, 5) is 16.4.